The number of likely N-dealkylation sites (tertiary alicyclic amines) is 1. The van der Waals surface area contributed by atoms with E-state index in [-0.39, 0.29) is 24.4 Å². The Labute approximate surface area is 142 Å². The Kier molecular flexibility index (Phi) is 6.16. The van der Waals surface area contributed by atoms with Crippen LogP contribution in [0.15, 0.2) is 4.52 Å². The lowest BCUT2D eigenvalue weighted by Crippen LogP contribution is -2.39. The molecule has 1 aliphatic heterocycles. The van der Waals surface area contributed by atoms with Crippen LogP contribution in [0.2, 0.25) is 0 Å². The lowest BCUT2D eigenvalue weighted by Gasteiger charge is -2.18. The van der Waals surface area contributed by atoms with Gasteiger partial charge in [0.05, 0.1) is 6.54 Å². The molecule has 0 saturated carbocycles. The summed E-state index contributed by atoms with van der Waals surface area (Å²) >= 11 is 0. The van der Waals surface area contributed by atoms with Gasteiger partial charge in [0.25, 0.3) is 0 Å². The maximum atomic E-state index is 12.2. The van der Waals surface area contributed by atoms with Gasteiger partial charge in [0.2, 0.25) is 11.8 Å². The molecule has 1 unspecified atom stereocenters. The first kappa shape index (κ1) is 18.2. The Bertz CT molecular complexity index is 572. The maximum absolute atomic E-state index is 12.2. The first-order valence-corrected chi connectivity index (χ1v) is 8.47. The molecule has 1 atom stereocenters. The van der Waals surface area contributed by atoms with Gasteiger partial charge in [0.1, 0.15) is 0 Å². The van der Waals surface area contributed by atoms with Gasteiger partial charge >= 0.3 is 6.03 Å². The van der Waals surface area contributed by atoms with Crippen molar-refractivity contribution in [1.29, 1.82) is 0 Å². The molecule has 0 aliphatic carbocycles. The van der Waals surface area contributed by atoms with E-state index in [1.54, 1.807) is 7.05 Å². The number of hydrogen-bond donors (Lipinski definition) is 1. The summed E-state index contributed by atoms with van der Waals surface area (Å²) in [5, 5.41) is 6.77. The number of urea groups is 1. The molecule has 2 heterocycles. The number of nitrogens with one attached hydrogen (secondary N) is 1. The monoisotopic (exact) mass is 337 g/mol. The summed E-state index contributed by atoms with van der Waals surface area (Å²) in [6.45, 7) is 8.34. The fraction of sp³-hybridized carbons (Fsp3) is 0.750. The minimum atomic E-state index is -0.201. The van der Waals surface area contributed by atoms with E-state index >= 15 is 0 Å². The molecular formula is C16H27N5O3. The highest BCUT2D eigenvalue weighted by Crippen LogP contribution is 2.16. The van der Waals surface area contributed by atoms with E-state index in [9.17, 15) is 9.59 Å². The van der Waals surface area contributed by atoms with Gasteiger partial charge in [-0.25, -0.2) is 4.79 Å². The van der Waals surface area contributed by atoms with E-state index in [0.717, 1.165) is 13.0 Å². The van der Waals surface area contributed by atoms with E-state index in [0.29, 0.717) is 37.1 Å². The van der Waals surface area contributed by atoms with E-state index in [2.05, 4.69) is 29.3 Å². The Morgan fingerprint density at radius 1 is 1.50 bits per heavy atom. The van der Waals surface area contributed by atoms with E-state index in [1.807, 2.05) is 11.8 Å². The molecule has 1 fully saturated rings. The molecule has 0 bridgehead atoms. The van der Waals surface area contributed by atoms with Crippen molar-refractivity contribution >= 4 is 11.9 Å². The van der Waals surface area contributed by atoms with Crippen molar-refractivity contribution in [3.05, 3.63) is 11.7 Å². The number of hydrogen-bond acceptors (Lipinski definition) is 5. The SMILES string of the molecule is CCN1CC(CNC(=O)N(C)Cc2noc(CC(C)C)n2)CC1=O. The molecule has 0 spiro atoms. The van der Waals surface area contributed by atoms with Gasteiger partial charge < -0.3 is 19.6 Å². The molecule has 1 aromatic rings. The van der Waals surface area contributed by atoms with Crippen molar-refractivity contribution in [2.24, 2.45) is 11.8 Å². The molecule has 0 aromatic carbocycles. The smallest absolute Gasteiger partial charge is 0.317 e. The Hall–Kier alpha value is -2.12. The van der Waals surface area contributed by atoms with Gasteiger partial charge in [-0.2, -0.15) is 4.98 Å². The highest BCUT2D eigenvalue weighted by molar-refractivity contribution is 5.79. The highest BCUT2D eigenvalue weighted by Gasteiger charge is 2.28. The van der Waals surface area contributed by atoms with Crippen molar-refractivity contribution in [1.82, 2.24) is 25.3 Å². The fourth-order valence-electron chi connectivity index (χ4n) is 2.73. The molecule has 0 radical (unpaired) electrons. The van der Waals surface area contributed by atoms with Crippen LogP contribution in [0.3, 0.4) is 0 Å². The quantitative estimate of drug-likeness (QED) is 0.809. The molecule has 134 valence electrons. The van der Waals surface area contributed by atoms with Gasteiger partial charge in [-0.05, 0) is 12.8 Å². The maximum Gasteiger partial charge on any atom is 0.317 e. The largest absolute Gasteiger partial charge is 0.343 e. The van der Waals surface area contributed by atoms with Crippen LogP contribution in [0.4, 0.5) is 4.79 Å². The van der Waals surface area contributed by atoms with Crippen LogP contribution in [0, 0.1) is 11.8 Å². The molecule has 1 aliphatic rings. The van der Waals surface area contributed by atoms with Crippen molar-refractivity contribution in [3.8, 4) is 0 Å². The van der Waals surface area contributed by atoms with Crippen LogP contribution >= 0.6 is 0 Å². The number of rotatable bonds is 7. The van der Waals surface area contributed by atoms with Gasteiger partial charge in [0.15, 0.2) is 5.82 Å². The van der Waals surface area contributed by atoms with Gasteiger partial charge in [0, 0.05) is 45.4 Å². The number of aromatic nitrogens is 2. The zero-order chi connectivity index (χ0) is 17.7. The molecule has 1 aromatic heterocycles. The Balaban J connectivity index is 1.76. The van der Waals surface area contributed by atoms with Crippen molar-refractivity contribution in [2.45, 2.75) is 40.2 Å². The lowest BCUT2D eigenvalue weighted by molar-refractivity contribution is -0.127. The summed E-state index contributed by atoms with van der Waals surface area (Å²) in [5.41, 5.74) is 0. The molecule has 1 saturated heterocycles. The molecule has 8 nitrogen and oxygen atoms in total. The van der Waals surface area contributed by atoms with Crippen LogP contribution in [-0.4, -0.2) is 58.6 Å². The summed E-state index contributed by atoms with van der Waals surface area (Å²) in [6, 6.07) is -0.201. The van der Waals surface area contributed by atoms with Crippen molar-refractivity contribution in [2.75, 3.05) is 26.7 Å². The van der Waals surface area contributed by atoms with Crippen LogP contribution in [0.1, 0.15) is 38.9 Å². The number of amides is 3. The second kappa shape index (κ2) is 8.12. The summed E-state index contributed by atoms with van der Waals surface area (Å²) in [6.07, 6.45) is 1.23. The standard InChI is InChI=1S/C16H27N5O3/c1-5-21-9-12(7-15(21)22)8-17-16(23)20(4)10-13-18-14(24-19-13)6-11(2)3/h11-12H,5-10H2,1-4H3,(H,17,23). The summed E-state index contributed by atoms with van der Waals surface area (Å²) in [5.74, 6) is 1.87. The minimum Gasteiger partial charge on any atom is -0.343 e. The van der Waals surface area contributed by atoms with Crippen molar-refractivity contribution in [3.63, 3.8) is 0 Å². The first-order valence-electron chi connectivity index (χ1n) is 8.47. The fourth-order valence-corrected chi connectivity index (χ4v) is 2.73. The van der Waals surface area contributed by atoms with Crippen LogP contribution < -0.4 is 5.32 Å². The van der Waals surface area contributed by atoms with E-state index in [4.69, 9.17) is 4.52 Å². The summed E-state index contributed by atoms with van der Waals surface area (Å²) in [4.78, 5) is 31.5. The van der Waals surface area contributed by atoms with Gasteiger partial charge in [-0.1, -0.05) is 19.0 Å². The number of nitrogens with zero attached hydrogens (tertiary/aromatic N) is 4. The zero-order valence-corrected chi connectivity index (χ0v) is 14.9. The van der Waals surface area contributed by atoms with Crippen LogP contribution in [0.25, 0.3) is 0 Å². The van der Waals surface area contributed by atoms with Crippen LogP contribution in [-0.2, 0) is 17.8 Å². The predicted octanol–water partition coefficient (Wildman–Crippen LogP) is 1.28. The predicted molar refractivity (Wildman–Crippen MR) is 88.1 cm³/mol. The topological polar surface area (TPSA) is 91.6 Å². The Morgan fingerprint density at radius 2 is 2.25 bits per heavy atom. The van der Waals surface area contributed by atoms with E-state index in [1.165, 1.54) is 4.90 Å². The first-order chi connectivity index (χ1) is 11.4. The van der Waals surface area contributed by atoms with Crippen molar-refractivity contribution < 1.29 is 14.1 Å². The minimum absolute atomic E-state index is 0.162. The molecule has 8 heteroatoms. The molecule has 1 N–H and O–H groups in total. The lowest BCUT2D eigenvalue weighted by atomic mass is 10.1. The van der Waals surface area contributed by atoms with Gasteiger partial charge in [-0.3, -0.25) is 4.79 Å². The number of carbonyl (C=O) groups is 2. The van der Waals surface area contributed by atoms with Crippen LogP contribution in [0.5, 0.6) is 0 Å². The molecule has 2 rings (SSSR count). The third kappa shape index (κ3) is 4.94. The zero-order valence-electron chi connectivity index (χ0n) is 14.9. The third-order valence-corrected chi connectivity index (χ3v) is 4.04. The number of carbonyl (C=O) groups excluding carboxylic acids is 2. The molecule has 24 heavy (non-hydrogen) atoms. The van der Waals surface area contributed by atoms with E-state index < -0.39 is 0 Å². The molecule has 3 amide bonds. The van der Waals surface area contributed by atoms with Gasteiger partial charge in [-0.15, -0.1) is 0 Å². The second-order valence-corrected chi connectivity index (χ2v) is 6.75. The average Bonchev–Trinajstić information content (AvgIpc) is 3.10. The summed E-state index contributed by atoms with van der Waals surface area (Å²) in [7, 11) is 1.69. The third-order valence-electron chi connectivity index (χ3n) is 4.04. The second-order valence-electron chi connectivity index (χ2n) is 6.75. The summed E-state index contributed by atoms with van der Waals surface area (Å²) < 4.78 is 5.17. The molecular weight excluding hydrogens is 310 g/mol. The highest BCUT2D eigenvalue weighted by atomic mass is 16.5. The Morgan fingerprint density at radius 3 is 2.88 bits per heavy atom. The average molecular weight is 337 g/mol. The normalized spacial score (nSPS) is 17.6.